The van der Waals surface area contributed by atoms with Crippen LogP contribution in [0.3, 0.4) is 0 Å². The normalized spacial score (nSPS) is 11.5. The number of fused-ring (bicyclic) bond motifs is 1. The number of benzene rings is 3. The fraction of sp³-hybridized carbons (Fsp3) is 0.514. The number of carbonyl (C=O) groups excluding carboxylic acids is 1. The van der Waals surface area contributed by atoms with E-state index in [1.807, 2.05) is 0 Å². The van der Waals surface area contributed by atoms with Gasteiger partial charge in [-0.15, -0.1) is 0 Å². The van der Waals surface area contributed by atoms with Gasteiger partial charge >= 0.3 is 0 Å². The van der Waals surface area contributed by atoms with E-state index in [0.717, 1.165) is 12.8 Å². The van der Waals surface area contributed by atoms with Gasteiger partial charge < -0.3 is 10.4 Å². The molecular formula is C35H50N2O4S. The second-order valence-electron chi connectivity index (χ2n) is 11.3. The summed E-state index contributed by atoms with van der Waals surface area (Å²) in [7, 11) is -3.79. The molecule has 0 saturated carbocycles. The largest absolute Gasteiger partial charge is 0.506 e. The highest BCUT2D eigenvalue weighted by Crippen LogP contribution is 2.34. The Balaban J connectivity index is 1.33. The first-order valence-electron chi connectivity index (χ1n) is 16.0. The zero-order valence-electron chi connectivity index (χ0n) is 25.4. The van der Waals surface area contributed by atoms with Crippen LogP contribution in [-0.2, 0) is 10.0 Å². The Morgan fingerprint density at radius 2 is 1.19 bits per heavy atom. The van der Waals surface area contributed by atoms with Gasteiger partial charge in [0.1, 0.15) is 5.75 Å². The van der Waals surface area contributed by atoms with Gasteiger partial charge in [0, 0.05) is 17.3 Å². The molecule has 3 N–H and O–H groups in total. The lowest BCUT2D eigenvalue weighted by atomic mass is 10.0. The van der Waals surface area contributed by atoms with Crippen LogP contribution in [0.1, 0.15) is 120 Å². The summed E-state index contributed by atoms with van der Waals surface area (Å²) >= 11 is 0. The van der Waals surface area contributed by atoms with Crippen LogP contribution in [0.15, 0.2) is 65.6 Å². The summed E-state index contributed by atoms with van der Waals surface area (Å²) in [5, 5.41) is 14.7. The Hall–Kier alpha value is -3.06. The lowest BCUT2D eigenvalue weighted by molar-refractivity contribution is 0.0950. The quantitative estimate of drug-likeness (QED) is 0.107. The monoisotopic (exact) mass is 594 g/mol. The minimum Gasteiger partial charge on any atom is -0.506 e. The number of anilines is 1. The van der Waals surface area contributed by atoms with Gasteiger partial charge in [0.2, 0.25) is 0 Å². The van der Waals surface area contributed by atoms with Crippen molar-refractivity contribution in [1.29, 1.82) is 0 Å². The van der Waals surface area contributed by atoms with E-state index in [-0.39, 0.29) is 22.1 Å². The Morgan fingerprint density at radius 3 is 1.76 bits per heavy atom. The molecule has 0 spiro atoms. The van der Waals surface area contributed by atoms with Crippen LogP contribution in [0.25, 0.3) is 10.8 Å². The van der Waals surface area contributed by atoms with Gasteiger partial charge in [0.15, 0.2) is 0 Å². The summed E-state index contributed by atoms with van der Waals surface area (Å²) < 4.78 is 28.2. The van der Waals surface area contributed by atoms with Gasteiger partial charge in [0.25, 0.3) is 15.9 Å². The highest BCUT2D eigenvalue weighted by molar-refractivity contribution is 7.92. The molecule has 3 aromatic carbocycles. The fourth-order valence-corrected chi connectivity index (χ4v) is 6.49. The smallest absolute Gasteiger partial charge is 0.261 e. The number of phenols is 1. The number of unbranched alkanes of at least 4 members (excludes halogenated alkanes) is 15. The number of hydrogen-bond acceptors (Lipinski definition) is 4. The second kappa shape index (κ2) is 18.5. The van der Waals surface area contributed by atoms with E-state index in [0.29, 0.717) is 23.0 Å². The summed E-state index contributed by atoms with van der Waals surface area (Å²) in [6.07, 6.45) is 20.9. The maximum atomic E-state index is 12.8. The molecule has 0 heterocycles. The molecule has 3 aromatic rings. The van der Waals surface area contributed by atoms with Gasteiger partial charge in [-0.1, -0.05) is 140 Å². The van der Waals surface area contributed by atoms with E-state index in [1.54, 1.807) is 48.5 Å². The molecule has 0 fully saturated rings. The first-order valence-corrected chi connectivity index (χ1v) is 17.5. The topological polar surface area (TPSA) is 95.5 Å². The summed E-state index contributed by atoms with van der Waals surface area (Å²) in [5.41, 5.74) is 0.522. The van der Waals surface area contributed by atoms with Gasteiger partial charge in [-0.3, -0.25) is 9.52 Å². The van der Waals surface area contributed by atoms with Gasteiger partial charge in [-0.05, 0) is 30.7 Å². The highest BCUT2D eigenvalue weighted by Gasteiger charge is 2.18. The molecule has 0 aromatic heterocycles. The third kappa shape index (κ3) is 11.0. The van der Waals surface area contributed by atoms with Gasteiger partial charge in [-0.25, -0.2) is 8.42 Å². The molecule has 230 valence electrons. The van der Waals surface area contributed by atoms with Crippen LogP contribution in [0.4, 0.5) is 5.69 Å². The predicted octanol–water partition coefficient (Wildman–Crippen LogP) is 9.34. The molecule has 0 aliphatic rings. The molecule has 6 nitrogen and oxygen atoms in total. The van der Waals surface area contributed by atoms with E-state index in [2.05, 4.69) is 17.0 Å². The fourth-order valence-electron chi connectivity index (χ4n) is 5.39. The Morgan fingerprint density at radius 1 is 0.643 bits per heavy atom. The summed E-state index contributed by atoms with van der Waals surface area (Å²) in [6, 6.07) is 16.3. The molecular weight excluding hydrogens is 544 g/mol. The zero-order chi connectivity index (χ0) is 30.0. The number of aromatic hydroxyl groups is 1. The number of carbonyl (C=O) groups is 1. The van der Waals surface area contributed by atoms with Crippen LogP contribution >= 0.6 is 0 Å². The van der Waals surface area contributed by atoms with Crippen LogP contribution in [-0.4, -0.2) is 26.0 Å². The van der Waals surface area contributed by atoms with Crippen LogP contribution in [0, 0.1) is 0 Å². The Bertz CT molecular complexity index is 1330. The molecule has 3 rings (SSSR count). The molecule has 0 unspecified atom stereocenters. The minimum atomic E-state index is -3.79. The molecule has 0 saturated heterocycles. The number of sulfonamides is 1. The highest BCUT2D eigenvalue weighted by atomic mass is 32.2. The van der Waals surface area contributed by atoms with Crippen LogP contribution in [0.5, 0.6) is 5.75 Å². The Kier molecular flexibility index (Phi) is 14.7. The molecule has 0 radical (unpaired) electrons. The van der Waals surface area contributed by atoms with E-state index in [1.165, 1.54) is 102 Å². The average Bonchev–Trinajstić information content (AvgIpc) is 2.99. The van der Waals surface area contributed by atoms with Gasteiger partial charge in [0.05, 0.1) is 16.1 Å². The molecule has 7 heteroatoms. The summed E-state index contributed by atoms with van der Waals surface area (Å²) in [6.45, 7) is 2.83. The number of rotatable bonds is 21. The zero-order valence-corrected chi connectivity index (χ0v) is 26.2. The van der Waals surface area contributed by atoms with Crippen molar-refractivity contribution in [3.63, 3.8) is 0 Å². The predicted molar refractivity (Wildman–Crippen MR) is 175 cm³/mol. The van der Waals surface area contributed by atoms with E-state index < -0.39 is 10.0 Å². The third-order valence-corrected chi connectivity index (χ3v) is 9.27. The van der Waals surface area contributed by atoms with Crippen LogP contribution < -0.4 is 10.0 Å². The first kappa shape index (κ1) is 33.4. The third-order valence-electron chi connectivity index (χ3n) is 7.89. The van der Waals surface area contributed by atoms with Crippen molar-refractivity contribution < 1.29 is 18.3 Å². The van der Waals surface area contributed by atoms with Crippen molar-refractivity contribution in [2.45, 2.75) is 115 Å². The van der Waals surface area contributed by atoms with E-state index >= 15 is 0 Å². The van der Waals surface area contributed by atoms with Crippen molar-refractivity contribution in [2.24, 2.45) is 0 Å². The summed E-state index contributed by atoms with van der Waals surface area (Å²) in [4.78, 5) is 12.9. The SMILES string of the molecule is CCCCCCCCCCCCCCCCCCNC(=O)c1ccc2c(NS(=O)(=O)c3ccccc3)cccc2c1O. The number of hydrogen-bond donors (Lipinski definition) is 3. The lowest BCUT2D eigenvalue weighted by Gasteiger charge is -2.13. The van der Waals surface area contributed by atoms with Crippen molar-refractivity contribution in [2.75, 3.05) is 11.3 Å². The number of amides is 1. The second-order valence-corrected chi connectivity index (χ2v) is 13.0. The molecule has 0 aliphatic heterocycles. The van der Waals surface area contributed by atoms with Crippen molar-refractivity contribution in [1.82, 2.24) is 5.32 Å². The molecule has 42 heavy (non-hydrogen) atoms. The van der Waals surface area contributed by atoms with Crippen LogP contribution in [0.2, 0.25) is 0 Å². The number of nitrogens with one attached hydrogen (secondary N) is 2. The molecule has 0 aliphatic carbocycles. The maximum Gasteiger partial charge on any atom is 0.261 e. The molecule has 0 bridgehead atoms. The standard InChI is InChI=1S/C35H50N2O4S/c1-2-3-4-5-6-7-8-9-10-11-12-13-14-15-16-20-28-36-35(39)32-27-26-30-31(34(32)38)24-21-25-33(30)37-42(40,41)29-22-18-17-19-23-29/h17-19,21-27,37-38H,2-16,20,28H2,1H3,(H,36,39). The van der Waals surface area contributed by atoms with Gasteiger partial charge in [-0.2, -0.15) is 0 Å². The molecule has 0 atom stereocenters. The molecule has 1 amide bonds. The van der Waals surface area contributed by atoms with Crippen molar-refractivity contribution >= 4 is 32.4 Å². The first-order chi connectivity index (χ1) is 20.4. The average molecular weight is 595 g/mol. The maximum absolute atomic E-state index is 12.8. The summed E-state index contributed by atoms with van der Waals surface area (Å²) in [5.74, 6) is -0.483. The Labute approximate surface area is 253 Å². The minimum absolute atomic E-state index is 0.149. The van der Waals surface area contributed by atoms with Crippen molar-refractivity contribution in [3.8, 4) is 5.75 Å². The van der Waals surface area contributed by atoms with E-state index in [9.17, 15) is 18.3 Å². The van der Waals surface area contributed by atoms with E-state index in [4.69, 9.17) is 0 Å². The van der Waals surface area contributed by atoms with Crippen molar-refractivity contribution in [3.05, 3.63) is 66.2 Å². The lowest BCUT2D eigenvalue weighted by Crippen LogP contribution is -2.24. The number of phenolic OH excluding ortho intramolecular Hbond substituents is 1.